The predicted octanol–water partition coefficient (Wildman–Crippen LogP) is 3.06. The summed E-state index contributed by atoms with van der Waals surface area (Å²) in [6, 6.07) is 7.52. The summed E-state index contributed by atoms with van der Waals surface area (Å²) in [6.45, 7) is 2.62. The summed E-state index contributed by atoms with van der Waals surface area (Å²) in [6.07, 6.45) is 3.89. The van der Waals surface area contributed by atoms with Crippen LogP contribution in [0.25, 0.3) is 11.1 Å². The van der Waals surface area contributed by atoms with Gasteiger partial charge in [-0.3, -0.25) is 9.48 Å². The van der Waals surface area contributed by atoms with Crippen LogP contribution >= 0.6 is 11.8 Å². The van der Waals surface area contributed by atoms with E-state index in [0.29, 0.717) is 18.0 Å². The first-order valence-electron chi connectivity index (χ1n) is 8.04. The van der Waals surface area contributed by atoms with Crippen LogP contribution in [-0.4, -0.2) is 32.4 Å². The summed E-state index contributed by atoms with van der Waals surface area (Å²) in [5.41, 5.74) is 1.28. The smallest absolute Gasteiger partial charge is 0.360 e. The van der Waals surface area contributed by atoms with E-state index >= 15 is 0 Å². The first-order valence-corrected chi connectivity index (χ1v) is 9.20. The largest absolute Gasteiger partial charge is 0.476 e. The van der Waals surface area contributed by atoms with Gasteiger partial charge in [0, 0.05) is 18.3 Å². The van der Waals surface area contributed by atoms with Crippen molar-refractivity contribution < 1.29 is 9.90 Å². The lowest BCUT2D eigenvalue weighted by atomic mass is 10.0. The lowest BCUT2D eigenvalue weighted by Gasteiger charge is -2.22. The molecule has 0 aliphatic carbocycles. The van der Waals surface area contributed by atoms with Crippen LogP contribution in [-0.2, 0) is 6.54 Å². The highest BCUT2D eigenvalue weighted by Crippen LogP contribution is 2.24. The fraction of sp³-hybridized carbons (Fsp3) is 0.389. The van der Waals surface area contributed by atoms with Gasteiger partial charge in [-0.1, -0.05) is 29.8 Å². The zero-order chi connectivity index (χ0) is 17.1. The summed E-state index contributed by atoms with van der Waals surface area (Å²) >= 11 is 1.95. The summed E-state index contributed by atoms with van der Waals surface area (Å²) in [4.78, 5) is 23.9. The number of carboxylic acid groups (broad SMARTS) is 1. The molecular formula is C18H20N2O3S. The van der Waals surface area contributed by atoms with Gasteiger partial charge < -0.3 is 5.11 Å². The molecule has 1 aliphatic rings. The fourth-order valence-electron chi connectivity index (χ4n) is 2.90. The second-order valence-electron chi connectivity index (χ2n) is 6.17. The second kappa shape index (κ2) is 7.21. The third-order valence-corrected chi connectivity index (χ3v) is 5.37. The number of nitrogens with zero attached hydrogens (tertiary/aromatic N) is 2. The van der Waals surface area contributed by atoms with Gasteiger partial charge in [0.15, 0.2) is 0 Å². The number of aromatic carboxylic acids is 1. The van der Waals surface area contributed by atoms with Crippen LogP contribution in [0.5, 0.6) is 0 Å². The molecule has 0 radical (unpaired) electrons. The van der Waals surface area contributed by atoms with Gasteiger partial charge in [-0.25, -0.2) is 4.79 Å². The third-order valence-electron chi connectivity index (χ3n) is 4.32. The zero-order valence-corrected chi connectivity index (χ0v) is 14.4. The molecule has 3 rings (SSSR count). The average molecular weight is 344 g/mol. The van der Waals surface area contributed by atoms with Crippen molar-refractivity contribution in [1.82, 2.24) is 9.78 Å². The predicted molar refractivity (Wildman–Crippen MR) is 95.7 cm³/mol. The molecule has 1 aromatic heterocycles. The first-order chi connectivity index (χ1) is 11.5. The highest BCUT2D eigenvalue weighted by molar-refractivity contribution is 7.99. The molecule has 5 nitrogen and oxygen atoms in total. The Hall–Kier alpha value is -2.08. The molecule has 126 valence electrons. The molecule has 1 aliphatic heterocycles. The van der Waals surface area contributed by atoms with E-state index in [1.165, 1.54) is 0 Å². The number of aromatic nitrogens is 2. The number of carboxylic acids is 1. The topological polar surface area (TPSA) is 72.2 Å². The van der Waals surface area contributed by atoms with Crippen molar-refractivity contribution in [2.45, 2.75) is 26.3 Å². The van der Waals surface area contributed by atoms with Crippen molar-refractivity contribution in [2.75, 3.05) is 11.5 Å². The highest BCUT2D eigenvalue weighted by atomic mass is 32.2. The molecule has 1 saturated heterocycles. The maximum absolute atomic E-state index is 12.5. The van der Waals surface area contributed by atoms with Crippen LogP contribution in [0.4, 0.5) is 0 Å². The van der Waals surface area contributed by atoms with Gasteiger partial charge in [0.2, 0.25) is 11.1 Å². The van der Waals surface area contributed by atoms with Crippen LogP contribution in [0.2, 0.25) is 0 Å². The lowest BCUT2D eigenvalue weighted by molar-refractivity contribution is 0.0685. The number of aryl methyl sites for hydroxylation is 1. The second-order valence-corrected chi connectivity index (χ2v) is 7.39. The Morgan fingerprint density at radius 1 is 1.29 bits per heavy atom. The maximum atomic E-state index is 12.5. The van der Waals surface area contributed by atoms with E-state index in [9.17, 15) is 14.7 Å². The van der Waals surface area contributed by atoms with E-state index in [1.54, 1.807) is 10.9 Å². The molecule has 0 unspecified atom stereocenters. The molecule has 1 fully saturated rings. The Bertz CT molecular complexity index is 793. The third kappa shape index (κ3) is 3.70. The maximum Gasteiger partial charge on any atom is 0.360 e. The van der Waals surface area contributed by atoms with Gasteiger partial charge >= 0.3 is 5.97 Å². The van der Waals surface area contributed by atoms with Gasteiger partial charge in [-0.05, 0) is 42.8 Å². The van der Waals surface area contributed by atoms with E-state index in [2.05, 4.69) is 5.10 Å². The van der Waals surface area contributed by atoms with Crippen LogP contribution in [0.3, 0.4) is 0 Å². The van der Waals surface area contributed by atoms with Gasteiger partial charge in [-0.2, -0.15) is 16.9 Å². The van der Waals surface area contributed by atoms with E-state index in [0.717, 1.165) is 35.5 Å². The van der Waals surface area contributed by atoms with Crippen LogP contribution < -0.4 is 5.43 Å². The molecule has 0 amide bonds. The van der Waals surface area contributed by atoms with Crippen molar-refractivity contribution in [3.05, 3.63) is 51.9 Å². The molecule has 0 saturated carbocycles. The number of carbonyl (C=O) groups is 1. The highest BCUT2D eigenvalue weighted by Gasteiger charge is 2.19. The molecule has 1 N–H and O–H groups in total. The normalized spacial score (nSPS) is 15.4. The van der Waals surface area contributed by atoms with E-state index < -0.39 is 17.1 Å². The average Bonchev–Trinajstić information content (AvgIpc) is 2.58. The first kappa shape index (κ1) is 16.8. The Morgan fingerprint density at radius 3 is 2.58 bits per heavy atom. The van der Waals surface area contributed by atoms with Crippen LogP contribution in [0.1, 0.15) is 28.9 Å². The van der Waals surface area contributed by atoms with Gasteiger partial charge in [0.25, 0.3) is 0 Å². The number of thioether (sulfide) groups is 1. The minimum atomic E-state index is -1.28. The molecule has 0 bridgehead atoms. The van der Waals surface area contributed by atoms with Crippen LogP contribution in [0, 0.1) is 12.8 Å². The lowest BCUT2D eigenvalue weighted by Crippen LogP contribution is -2.26. The van der Waals surface area contributed by atoms with Crippen molar-refractivity contribution in [3.63, 3.8) is 0 Å². The summed E-state index contributed by atoms with van der Waals surface area (Å²) in [5, 5.41) is 13.4. The summed E-state index contributed by atoms with van der Waals surface area (Å²) in [7, 11) is 0. The molecule has 0 spiro atoms. The van der Waals surface area contributed by atoms with Crippen molar-refractivity contribution in [3.8, 4) is 11.1 Å². The molecule has 2 heterocycles. The minimum absolute atomic E-state index is 0.396. The molecule has 2 aromatic rings. The molecular weight excluding hydrogens is 324 g/mol. The number of benzene rings is 1. The number of rotatable bonds is 4. The Morgan fingerprint density at radius 2 is 1.96 bits per heavy atom. The fourth-order valence-corrected chi connectivity index (χ4v) is 4.11. The standard InChI is InChI=1S/C18H20N2O3S/c1-12-2-4-14(5-3-12)15-11-20(10-13-6-8-24-9-7-13)19-16(17(15)21)18(22)23/h2-5,11,13H,6-10H2,1H3,(H,22,23). The molecule has 6 heteroatoms. The van der Waals surface area contributed by atoms with E-state index in [4.69, 9.17) is 0 Å². The number of hydrogen-bond acceptors (Lipinski definition) is 4. The van der Waals surface area contributed by atoms with Crippen LogP contribution in [0.15, 0.2) is 35.3 Å². The van der Waals surface area contributed by atoms with Crippen molar-refractivity contribution in [1.29, 1.82) is 0 Å². The van der Waals surface area contributed by atoms with Crippen molar-refractivity contribution >= 4 is 17.7 Å². The monoisotopic (exact) mass is 344 g/mol. The van der Waals surface area contributed by atoms with E-state index in [1.807, 2.05) is 43.0 Å². The Balaban J connectivity index is 2.01. The molecule has 24 heavy (non-hydrogen) atoms. The minimum Gasteiger partial charge on any atom is -0.476 e. The molecule has 0 atom stereocenters. The Labute approximate surface area is 144 Å². The van der Waals surface area contributed by atoms with Gasteiger partial charge in [0.05, 0.1) is 0 Å². The van der Waals surface area contributed by atoms with Gasteiger partial charge in [-0.15, -0.1) is 0 Å². The summed E-state index contributed by atoms with van der Waals surface area (Å²) < 4.78 is 1.64. The van der Waals surface area contributed by atoms with Crippen molar-refractivity contribution in [2.24, 2.45) is 5.92 Å². The number of hydrogen-bond donors (Lipinski definition) is 1. The molecule has 1 aromatic carbocycles. The Kier molecular flexibility index (Phi) is 5.04. The zero-order valence-electron chi connectivity index (χ0n) is 13.6. The summed E-state index contributed by atoms with van der Waals surface area (Å²) in [5.74, 6) is 1.46. The SMILES string of the molecule is Cc1ccc(-c2cn(CC3CCSCC3)nc(C(=O)O)c2=O)cc1. The van der Waals surface area contributed by atoms with E-state index in [-0.39, 0.29) is 0 Å². The quantitative estimate of drug-likeness (QED) is 0.923. The van der Waals surface area contributed by atoms with Gasteiger partial charge in [0.1, 0.15) is 0 Å².